The quantitative estimate of drug-likeness (QED) is 0.0313. The van der Waals surface area contributed by atoms with Crippen molar-refractivity contribution in [2.75, 3.05) is 26.2 Å². The summed E-state index contributed by atoms with van der Waals surface area (Å²) in [5, 5.41) is 43.4. The highest BCUT2D eigenvalue weighted by atomic mass is 35.5. The number of ether oxygens (including phenoxy) is 1. The van der Waals surface area contributed by atoms with Crippen LogP contribution in [0.25, 0.3) is 10.9 Å². The molecule has 436 valence electrons. The lowest BCUT2D eigenvalue weighted by Crippen LogP contribution is -2.61. The third-order valence-electron chi connectivity index (χ3n) is 13.1. The zero-order chi connectivity index (χ0) is 58.8. The number of para-hydroxylation sites is 1. The standard InChI is InChI=1S/C55H75ClN16O9/c1-32(57)39-19-10-24-62-47(74)23-22-43(69-48(75)41(66-33(2)73)20-11-25-63-54(58)59)50(77)72-46(31-81-30-34-13-4-3-5-14-34)53(80)71-44(27-35-15-6-8-17-38(35)56)52(79)68-42(21-12-26-64-55(60)61)49(76)70-45(51(78)67-39)28-36-29-65-40-18-9-7-16-37(36)40/h3-9,13-18,29,39,41-46,65H,1,10-12,19-28,30-31,57H2,2H3,(H,62,74)(H,66,73)(H,67,78)(H,68,79)(H,69,75)(H,70,76)(H,71,80)(H,72,77)(H4,58,59,63)(H4,60,61,64)/t39-,41-,42-,43-,44+,45-,46-/m0/s1. The number of aromatic nitrogens is 1. The third-order valence-corrected chi connectivity index (χ3v) is 13.5. The number of aromatic amines is 1. The molecule has 26 heteroatoms. The maximum absolute atomic E-state index is 14.9. The van der Waals surface area contributed by atoms with Crippen LogP contribution >= 0.6 is 11.6 Å². The molecular formula is C55H75ClN16O9. The smallest absolute Gasteiger partial charge is 0.245 e. The Bertz CT molecular complexity index is 2850. The first kappa shape index (κ1) is 63.1. The minimum atomic E-state index is -1.58. The molecule has 0 unspecified atom stereocenters. The Morgan fingerprint density at radius 1 is 0.728 bits per heavy atom. The van der Waals surface area contributed by atoms with Crippen LogP contribution in [0.3, 0.4) is 0 Å². The average Bonchev–Trinajstić information content (AvgIpc) is 3.88. The number of carbonyl (C=O) groups is 8. The molecule has 0 bridgehead atoms. The SMILES string of the molecule is C=C(N)[C@@H]1CCCNC(=O)CC[C@H](NC(=O)[C@H](CCCNC(=N)N)NC(C)=O)C(=O)N[C@@H](COCc2ccccc2)C(=O)N[C@H](Cc2ccccc2Cl)C(=O)N[C@@H](CCCNC(=N)N)C(=O)N[C@@H](Cc2c[nH]c3ccccc23)C(=O)N1. The molecule has 19 N–H and O–H groups in total. The zero-order valence-corrected chi connectivity index (χ0v) is 46.0. The van der Waals surface area contributed by atoms with E-state index in [9.17, 15) is 38.4 Å². The van der Waals surface area contributed by atoms with Gasteiger partial charge < -0.3 is 80.1 Å². The number of H-pyrrole nitrogens is 1. The van der Waals surface area contributed by atoms with Gasteiger partial charge in [0.2, 0.25) is 47.3 Å². The summed E-state index contributed by atoms with van der Waals surface area (Å²) in [5.74, 6) is -6.65. The molecule has 1 aliphatic rings. The monoisotopic (exact) mass is 1140 g/mol. The molecule has 0 aliphatic carbocycles. The number of hydrogen-bond donors (Lipinski definition) is 16. The van der Waals surface area contributed by atoms with Gasteiger partial charge in [0.05, 0.1) is 19.3 Å². The summed E-state index contributed by atoms with van der Waals surface area (Å²) in [4.78, 5) is 117. The Hall–Kier alpha value is -8.71. The van der Waals surface area contributed by atoms with Crippen LogP contribution in [-0.2, 0) is 62.5 Å². The van der Waals surface area contributed by atoms with Gasteiger partial charge in [-0.05, 0) is 73.8 Å². The highest BCUT2D eigenvalue weighted by molar-refractivity contribution is 6.31. The largest absolute Gasteiger partial charge is 0.401 e. The van der Waals surface area contributed by atoms with Gasteiger partial charge in [0.15, 0.2) is 11.9 Å². The average molecular weight is 1140 g/mol. The molecule has 7 atom stereocenters. The molecule has 0 radical (unpaired) electrons. The van der Waals surface area contributed by atoms with E-state index in [1.165, 1.54) is 6.92 Å². The molecule has 81 heavy (non-hydrogen) atoms. The lowest BCUT2D eigenvalue weighted by atomic mass is 10.0. The highest BCUT2D eigenvalue weighted by Gasteiger charge is 2.35. The molecule has 2 heterocycles. The van der Waals surface area contributed by atoms with E-state index in [1.807, 2.05) is 24.3 Å². The summed E-state index contributed by atoms with van der Waals surface area (Å²) in [6.07, 6.45) is 1.72. The van der Waals surface area contributed by atoms with Crippen molar-refractivity contribution in [3.05, 3.63) is 119 Å². The fourth-order valence-corrected chi connectivity index (χ4v) is 9.08. The van der Waals surface area contributed by atoms with Gasteiger partial charge in [-0.1, -0.05) is 84.9 Å². The van der Waals surface area contributed by atoms with Crippen molar-refractivity contribution < 1.29 is 43.1 Å². The van der Waals surface area contributed by atoms with Crippen LogP contribution < -0.4 is 70.4 Å². The fourth-order valence-electron chi connectivity index (χ4n) is 8.87. The van der Waals surface area contributed by atoms with E-state index >= 15 is 0 Å². The Balaban J connectivity index is 1.56. The fraction of sp³-hybridized carbons (Fsp3) is 0.418. The van der Waals surface area contributed by atoms with Gasteiger partial charge in [0, 0.05) is 73.6 Å². The molecule has 4 aromatic rings. The lowest BCUT2D eigenvalue weighted by Gasteiger charge is -2.28. The van der Waals surface area contributed by atoms with Crippen LogP contribution in [0.1, 0.15) is 75.0 Å². The van der Waals surface area contributed by atoms with Crippen LogP contribution in [0.5, 0.6) is 0 Å². The number of hydrogen-bond acceptors (Lipinski definition) is 12. The summed E-state index contributed by atoms with van der Waals surface area (Å²) in [6.45, 7) is 4.97. The molecule has 0 spiro atoms. The second kappa shape index (κ2) is 32.4. The van der Waals surface area contributed by atoms with Crippen molar-refractivity contribution in [2.24, 2.45) is 17.2 Å². The van der Waals surface area contributed by atoms with Crippen molar-refractivity contribution in [1.82, 2.24) is 58.2 Å². The number of nitrogens with one attached hydrogen (secondary N) is 13. The highest BCUT2D eigenvalue weighted by Crippen LogP contribution is 2.21. The maximum atomic E-state index is 14.9. The van der Waals surface area contributed by atoms with Gasteiger partial charge in [0.25, 0.3) is 0 Å². The van der Waals surface area contributed by atoms with Gasteiger partial charge in [0.1, 0.15) is 36.3 Å². The maximum Gasteiger partial charge on any atom is 0.245 e. The number of carbonyl (C=O) groups excluding carboxylic acids is 8. The Morgan fingerprint density at radius 2 is 1.32 bits per heavy atom. The van der Waals surface area contributed by atoms with Crippen molar-refractivity contribution in [3.8, 4) is 0 Å². The molecule has 1 aliphatic heterocycles. The second-order valence-electron chi connectivity index (χ2n) is 19.6. The number of guanidine groups is 2. The van der Waals surface area contributed by atoms with Gasteiger partial charge in [-0.3, -0.25) is 49.2 Å². The summed E-state index contributed by atoms with van der Waals surface area (Å²) >= 11 is 6.65. The first-order chi connectivity index (χ1) is 38.8. The Labute approximate surface area is 474 Å². The van der Waals surface area contributed by atoms with Crippen molar-refractivity contribution >= 4 is 81.7 Å². The molecule has 3 aromatic carbocycles. The molecule has 0 saturated carbocycles. The van der Waals surface area contributed by atoms with Crippen LogP contribution in [0.2, 0.25) is 5.02 Å². The normalized spacial score (nSPS) is 20.4. The number of amides is 8. The molecule has 25 nitrogen and oxygen atoms in total. The number of nitrogens with two attached hydrogens (primary N) is 3. The summed E-state index contributed by atoms with van der Waals surface area (Å²) in [5.41, 5.74) is 19.9. The van der Waals surface area contributed by atoms with Crippen molar-refractivity contribution in [1.29, 1.82) is 10.8 Å². The molecule has 1 fully saturated rings. The molecule has 1 aromatic heterocycles. The molecule has 8 amide bonds. The van der Waals surface area contributed by atoms with Crippen molar-refractivity contribution in [2.45, 2.75) is 120 Å². The van der Waals surface area contributed by atoms with E-state index < -0.39 is 96.2 Å². The Morgan fingerprint density at radius 3 is 2.00 bits per heavy atom. The van der Waals surface area contributed by atoms with E-state index in [4.69, 9.17) is 44.4 Å². The number of fused-ring (bicyclic) bond motifs is 1. The first-order valence-electron chi connectivity index (χ1n) is 26.6. The van der Waals surface area contributed by atoms with E-state index in [-0.39, 0.29) is 113 Å². The van der Waals surface area contributed by atoms with E-state index in [0.717, 1.165) is 16.5 Å². The summed E-state index contributed by atoms with van der Waals surface area (Å²) in [7, 11) is 0. The first-order valence-corrected chi connectivity index (χ1v) is 27.0. The lowest BCUT2D eigenvalue weighted by molar-refractivity contribution is -0.136. The van der Waals surface area contributed by atoms with Gasteiger partial charge >= 0.3 is 0 Å². The van der Waals surface area contributed by atoms with Crippen LogP contribution in [0.4, 0.5) is 0 Å². The molecule has 1 saturated heterocycles. The Kier molecular flexibility index (Phi) is 25.2. The number of halogens is 1. The molecule has 5 rings (SSSR count). The van der Waals surface area contributed by atoms with E-state index in [2.05, 4.69) is 64.7 Å². The topological polar surface area (TPSA) is 408 Å². The van der Waals surface area contributed by atoms with E-state index in [0.29, 0.717) is 11.1 Å². The third kappa shape index (κ3) is 21.5. The predicted molar refractivity (Wildman–Crippen MR) is 306 cm³/mol. The van der Waals surface area contributed by atoms with Crippen LogP contribution in [-0.4, -0.2) is 133 Å². The second-order valence-corrected chi connectivity index (χ2v) is 20.0. The summed E-state index contributed by atoms with van der Waals surface area (Å²) < 4.78 is 6.01. The number of rotatable bonds is 20. The van der Waals surface area contributed by atoms with Gasteiger partial charge in [-0.25, -0.2) is 0 Å². The number of benzene rings is 3. The van der Waals surface area contributed by atoms with Crippen LogP contribution in [0, 0.1) is 10.8 Å². The molecular weight excluding hydrogens is 1060 g/mol. The predicted octanol–water partition coefficient (Wildman–Crippen LogP) is -0.0741. The van der Waals surface area contributed by atoms with Crippen molar-refractivity contribution in [3.63, 3.8) is 0 Å². The minimum absolute atomic E-state index is 0.0179. The zero-order valence-electron chi connectivity index (χ0n) is 45.2. The van der Waals surface area contributed by atoms with E-state index in [1.54, 1.807) is 60.8 Å². The van der Waals surface area contributed by atoms with Crippen LogP contribution in [0.15, 0.2) is 97.3 Å². The van der Waals surface area contributed by atoms with Gasteiger partial charge in [-0.15, -0.1) is 0 Å². The minimum Gasteiger partial charge on any atom is -0.401 e. The van der Waals surface area contributed by atoms with Gasteiger partial charge in [-0.2, -0.15) is 0 Å². The summed E-state index contributed by atoms with van der Waals surface area (Å²) in [6, 6.07) is 13.7.